The first-order valence-corrected chi connectivity index (χ1v) is 7.90. The number of nitrogens with two attached hydrogens (primary N) is 1. The van der Waals surface area contributed by atoms with Gasteiger partial charge in [-0.2, -0.15) is 0 Å². The van der Waals surface area contributed by atoms with E-state index in [0.29, 0.717) is 11.4 Å². The number of halogens is 2. The molecule has 2 aliphatic rings. The van der Waals surface area contributed by atoms with E-state index in [2.05, 4.69) is 15.3 Å². The number of methoxy groups -OCH3 is 1. The Labute approximate surface area is 148 Å². The molecule has 0 aromatic carbocycles. The molecule has 3 rings (SSSR count). The van der Waals surface area contributed by atoms with E-state index in [-0.39, 0.29) is 24.6 Å². The summed E-state index contributed by atoms with van der Waals surface area (Å²) in [5.41, 5.74) is 6.01. The molecule has 1 aromatic rings. The van der Waals surface area contributed by atoms with E-state index in [1.165, 1.54) is 25.4 Å². The highest BCUT2D eigenvalue weighted by Crippen LogP contribution is 2.39. The Kier molecular flexibility index (Phi) is 4.99. The fraction of sp³-hybridized carbons (Fsp3) is 0.353. The molecule has 2 heterocycles. The first-order valence-electron chi connectivity index (χ1n) is 7.90. The van der Waals surface area contributed by atoms with Crippen molar-refractivity contribution in [2.75, 3.05) is 20.3 Å². The Balaban J connectivity index is 1.73. The molecule has 0 saturated carbocycles. The molecule has 1 aliphatic carbocycles. The lowest BCUT2D eigenvalue weighted by Gasteiger charge is -2.34. The Hall–Kier alpha value is -2.81. The first kappa shape index (κ1) is 18.0. The summed E-state index contributed by atoms with van der Waals surface area (Å²) in [6, 6.07) is 3.08. The van der Waals surface area contributed by atoms with Crippen LogP contribution in [0, 0.1) is 5.92 Å². The highest BCUT2D eigenvalue weighted by atomic mass is 19.2. The second-order valence-corrected chi connectivity index (χ2v) is 5.95. The molecule has 3 N–H and O–H groups in total. The van der Waals surface area contributed by atoms with Crippen LogP contribution in [0.4, 0.5) is 8.78 Å². The van der Waals surface area contributed by atoms with Crippen LogP contribution in [0.25, 0.3) is 0 Å². The van der Waals surface area contributed by atoms with Crippen LogP contribution in [-0.2, 0) is 4.74 Å². The van der Waals surface area contributed by atoms with Gasteiger partial charge in [0.25, 0.3) is 5.91 Å². The molecule has 26 heavy (non-hydrogen) atoms. The molecule has 0 fully saturated rings. The van der Waals surface area contributed by atoms with Crippen LogP contribution in [0.3, 0.4) is 0 Å². The molecule has 0 bridgehead atoms. The van der Waals surface area contributed by atoms with Gasteiger partial charge >= 0.3 is 0 Å². The summed E-state index contributed by atoms with van der Waals surface area (Å²) in [6.45, 7) is -0.396. The number of aromatic nitrogens is 1. The van der Waals surface area contributed by atoms with Gasteiger partial charge in [-0.3, -0.25) is 4.79 Å². The molecule has 0 saturated heterocycles. The average molecular weight is 364 g/mol. The maximum atomic E-state index is 15.0. The third kappa shape index (κ3) is 3.72. The van der Waals surface area contributed by atoms with Crippen LogP contribution in [0.15, 0.2) is 47.0 Å². The SMILES string of the molecule is COc1ccc(C(=O)NC2=CC=C(F)C([C@]3(F)COCC(N)=N3)C2)nc1. The average Bonchev–Trinajstić information content (AvgIpc) is 2.63. The summed E-state index contributed by atoms with van der Waals surface area (Å²) in [5, 5.41) is 2.61. The highest BCUT2D eigenvalue weighted by molar-refractivity contribution is 5.93. The van der Waals surface area contributed by atoms with Gasteiger partial charge in [-0.15, -0.1) is 0 Å². The molecule has 138 valence electrons. The second-order valence-electron chi connectivity index (χ2n) is 5.95. The minimum Gasteiger partial charge on any atom is -0.495 e. The maximum Gasteiger partial charge on any atom is 0.274 e. The third-order valence-electron chi connectivity index (χ3n) is 4.10. The zero-order valence-electron chi connectivity index (χ0n) is 14.0. The number of nitrogens with one attached hydrogen (secondary N) is 1. The van der Waals surface area contributed by atoms with Crippen LogP contribution < -0.4 is 15.8 Å². The number of amidine groups is 1. The largest absolute Gasteiger partial charge is 0.495 e. The van der Waals surface area contributed by atoms with E-state index >= 15 is 4.39 Å². The summed E-state index contributed by atoms with van der Waals surface area (Å²) in [5.74, 6) is -4.25. The van der Waals surface area contributed by atoms with E-state index < -0.39 is 30.1 Å². The fourth-order valence-electron chi connectivity index (χ4n) is 2.77. The van der Waals surface area contributed by atoms with Gasteiger partial charge < -0.3 is 20.5 Å². The highest BCUT2D eigenvalue weighted by Gasteiger charge is 2.45. The minimum atomic E-state index is -2.31. The Bertz CT molecular complexity index is 792. The molecule has 1 aromatic heterocycles. The standard InChI is InChI=1S/C17H18F2N4O3/c1-25-11-3-5-14(21-7-11)16(24)22-10-2-4-13(18)12(6-10)17(19)9-26-8-15(20)23-17/h2-5,7,12H,6,8-9H2,1H3,(H2,20,23)(H,22,24)/t12?,17-/m0/s1. The number of amides is 1. The van der Waals surface area contributed by atoms with Gasteiger partial charge in [0.1, 0.15) is 36.3 Å². The topological polar surface area (TPSA) is 98.8 Å². The Morgan fingerprint density at radius 3 is 2.92 bits per heavy atom. The lowest BCUT2D eigenvalue weighted by Crippen LogP contribution is -2.45. The van der Waals surface area contributed by atoms with Gasteiger partial charge in [-0.1, -0.05) is 0 Å². The maximum absolute atomic E-state index is 15.0. The third-order valence-corrected chi connectivity index (χ3v) is 4.10. The molecule has 1 aliphatic heterocycles. The van der Waals surface area contributed by atoms with Gasteiger partial charge in [0.2, 0.25) is 5.79 Å². The fourth-order valence-corrected chi connectivity index (χ4v) is 2.77. The van der Waals surface area contributed by atoms with Gasteiger partial charge in [-0.05, 0) is 24.3 Å². The number of carbonyl (C=O) groups is 1. The van der Waals surface area contributed by atoms with Crippen molar-refractivity contribution in [3.63, 3.8) is 0 Å². The van der Waals surface area contributed by atoms with Crippen LogP contribution in [-0.4, -0.2) is 42.8 Å². The molecule has 9 heteroatoms. The number of rotatable bonds is 4. The van der Waals surface area contributed by atoms with Crippen LogP contribution in [0.5, 0.6) is 5.75 Å². The molecule has 2 atom stereocenters. The number of allylic oxidation sites excluding steroid dienone is 3. The van der Waals surface area contributed by atoms with Crippen LogP contribution in [0.1, 0.15) is 16.9 Å². The number of nitrogens with zero attached hydrogens (tertiary/aromatic N) is 2. The number of aliphatic imine (C=N–C) groups is 1. The molecule has 7 nitrogen and oxygen atoms in total. The van der Waals surface area contributed by atoms with Crippen LogP contribution in [0.2, 0.25) is 0 Å². The van der Waals surface area contributed by atoms with Crippen molar-refractivity contribution in [2.24, 2.45) is 16.6 Å². The summed E-state index contributed by atoms with van der Waals surface area (Å²) in [4.78, 5) is 20.0. The van der Waals surface area contributed by atoms with E-state index in [1.807, 2.05) is 0 Å². The van der Waals surface area contributed by atoms with E-state index in [1.54, 1.807) is 6.07 Å². The van der Waals surface area contributed by atoms with Crippen molar-refractivity contribution in [3.05, 3.63) is 47.7 Å². The van der Waals surface area contributed by atoms with Crippen molar-refractivity contribution in [2.45, 2.75) is 12.2 Å². The lowest BCUT2D eigenvalue weighted by molar-refractivity contribution is -0.0149. The van der Waals surface area contributed by atoms with Crippen molar-refractivity contribution in [1.29, 1.82) is 0 Å². The number of pyridine rings is 1. The number of alkyl halides is 1. The predicted octanol–water partition coefficient (Wildman–Crippen LogP) is 1.63. The zero-order chi connectivity index (χ0) is 18.7. The summed E-state index contributed by atoms with van der Waals surface area (Å²) < 4.78 is 39.3. The van der Waals surface area contributed by atoms with Gasteiger partial charge in [0.15, 0.2) is 0 Å². The molecule has 0 spiro atoms. The quantitative estimate of drug-likeness (QED) is 0.791. The van der Waals surface area contributed by atoms with Crippen LogP contribution >= 0.6 is 0 Å². The Morgan fingerprint density at radius 2 is 2.27 bits per heavy atom. The van der Waals surface area contributed by atoms with Gasteiger partial charge in [0, 0.05) is 12.1 Å². The summed E-state index contributed by atoms with van der Waals surface area (Å²) in [6.07, 6.45) is 3.79. The summed E-state index contributed by atoms with van der Waals surface area (Å²) in [7, 11) is 1.49. The number of ether oxygens (including phenoxy) is 2. The normalized spacial score (nSPS) is 25.7. The summed E-state index contributed by atoms with van der Waals surface area (Å²) >= 11 is 0. The van der Waals surface area contributed by atoms with E-state index in [0.717, 1.165) is 6.08 Å². The van der Waals surface area contributed by atoms with Crippen molar-refractivity contribution in [3.8, 4) is 5.75 Å². The zero-order valence-corrected chi connectivity index (χ0v) is 14.0. The lowest BCUT2D eigenvalue weighted by atomic mass is 9.88. The van der Waals surface area contributed by atoms with E-state index in [4.69, 9.17) is 15.2 Å². The molecule has 1 amide bonds. The molecular formula is C17H18F2N4O3. The van der Waals surface area contributed by atoms with Crippen molar-refractivity contribution in [1.82, 2.24) is 10.3 Å². The predicted molar refractivity (Wildman–Crippen MR) is 89.9 cm³/mol. The monoisotopic (exact) mass is 364 g/mol. The molecule has 1 unspecified atom stereocenters. The molecule has 0 radical (unpaired) electrons. The smallest absolute Gasteiger partial charge is 0.274 e. The minimum absolute atomic E-state index is 0.00624. The van der Waals surface area contributed by atoms with Crippen molar-refractivity contribution < 1.29 is 23.0 Å². The number of carbonyl (C=O) groups excluding carboxylic acids is 1. The first-order chi connectivity index (χ1) is 12.4. The number of hydrogen-bond donors (Lipinski definition) is 2. The van der Waals surface area contributed by atoms with Gasteiger partial charge in [-0.25, -0.2) is 18.8 Å². The van der Waals surface area contributed by atoms with Crippen molar-refractivity contribution >= 4 is 11.7 Å². The molecular weight excluding hydrogens is 346 g/mol. The van der Waals surface area contributed by atoms with E-state index in [9.17, 15) is 9.18 Å². The van der Waals surface area contributed by atoms with Gasteiger partial charge in [0.05, 0.1) is 19.2 Å². The second kappa shape index (κ2) is 7.20. The number of hydrogen-bond acceptors (Lipinski definition) is 6. The Morgan fingerprint density at radius 1 is 1.46 bits per heavy atom.